The Kier molecular flexibility index (Phi) is 4.67. The van der Waals surface area contributed by atoms with Crippen LogP contribution in [-0.2, 0) is 4.79 Å². The Bertz CT molecular complexity index is 613. The summed E-state index contributed by atoms with van der Waals surface area (Å²) in [7, 11) is 0. The number of nitrogens with one attached hydrogen (secondary N) is 2. The maximum atomic E-state index is 13.1. The van der Waals surface area contributed by atoms with Gasteiger partial charge in [-0.05, 0) is 74.5 Å². The van der Waals surface area contributed by atoms with Crippen molar-refractivity contribution in [3.05, 3.63) is 24.3 Å². The fourth-order valence-corrected chi connectivity index (χ4v) is 5.76. The molecule has 25 heavy (non-hydrogen) atoms. The molecule has 4 aliphatic carbocycles. The van der Waals surface area contributed by atoms with Gasteiger partial charge in [0.15, 0.2) is 0 Å². The van der Waals surface area contributed by atoms with Crippen molar-refractivity contribution in [1.29, 1.82) is 0 Å². The van der Waals surface area contributed by atoms with E-state index in [1.54, 1.807) is 0 Å². The lowest BCUT2D eigenvalue weighted by Crippen LogP contribution is -2.51. The molecule has 4 aliphatic rings. The molecule has 5 rings (SSSR count). The molecule has 1 aromatic carbocycles. The van der Waals surface area contributed by atoms with E-state index in [0.29, 0.717) is 6.54 Å². The molecule has 0 heterocycles. The number of aliphatic hydroxyl groups is 1. The molecule has 1 amide bonds. The zero-order valence-electron chi connectivity index (χ0n) is 14.5. The first-order valence-electron chi connectivity index (χ1n) is 9.46. The number of hydrogen-bond acceptors (Lipinski definition) is 3. The highest BCUT2D eigenvalue weighted by Gasteiger charge is 2.54. The quantitative estimate of drug-likeness (QED) is 0.673. The summed E-state index contributed by atoms with van der Waals surface area (Å²) in [4.78, 5) is 13.1. The lowest BCUT2D eigenvalue weighted by Gasteiger charge is -2.55. The van der Waals surface area contributed by atoms with E-state index >= 15 is 0 Å². The molecule has 4 fully saturated rings. The lowest BCUT2D eigenvalue weighted by atomic mass is 9.49. The molecule has 0 radical (unpaired) electrons. The van der Waals surface area contributed by atoms with Crippen LogP contribution in [0.15, 0.2) is 24.3 Å². The molecule has 0 aromatic heterocycles. The number of halogens is 1. The Morgan fingerprint density at radius 2 is 1.76 bits per heavy atom. The number of carbonyl (C=O) groups is 1. The largest absolute Gasteiger partial charge is 0.390 e. The van der Waals surface area contributed by atoms with E-state index in [2.05, 4.69) is 10.6 Å². The van der Waals surface area contributed by atoms with Crippen LogP contribution in [0.4, 0.5) is 11.4 Å². The fourth-order valence-electron chi connectivity index (χ4n) is 5.65. The summed E-state index contributed by atoms with van der Waals surface area (Å²) in [6.07, 6.45) is 6.67. The fraction of sp³-hybridized carbons (Fsp3) is 0.650. The van der Waals surface area contributed by atoms with E-state index in [9.17, 15) is 9.90 Å². The first kappa shape index (κ1) is 17.2. The Balaban J connectivity index is 1.43. The molecule has 5 heteroatoms. The maximum absolute atomic E-state index is 13.1. The minimum atomic E-state index is -0.577. The summed E-state index contributed by atoms with van der Waals surface area (Å²) >= 11 is 5.62. The predicted octanol–water partition coefficient (Wildman–Crippen LogP) is 3.85. The Hall–Kier alpha value is -1.26. The van der Waals surface area contributed by atoms with Gasteiger partial charge in [-0.2, -0.15) is 0 Å². The van der Waals surface area contributed by atoms with Crippen LogP contribution in [0, 0.1) is 23.2 Å². The van der Waals surface area contributed by atoms with Crippen LogP contribution < -0.4 is 10.6 Å². The molecule has 4 bridgehead atoms. The van der Waals surface area contributed by atoms with E-state index in [4.69, 9.17) is 11.6 Å². The normalized spacial score (nSPS) is 33.9. The SMILES string of the molecule is O=C(Nc1cccc(NCC(O)CCl)c1)C12CC3CC(CC(C3)C1)C2. The van der Waals surface area contributed by atoms with Crippen molar-refractivity contribution in [2.45, 2.75) is 44.6 Å². The van der Waals surface area contributed by atoms with Crippen LogP contribution >= 0.6 is 11.6 Å². The molecule has 136 valence electrons. The van der Waals surface area contributed by atoms with Crippen molar-refractivity contribution in [2.75, 3.05) is 23.1 Å². The molecule has 3 N–H and O–H groups in total. The van der Waals surface area contributed by atoms with Gasteiger partial charge in [-0.15, -0.1) is 11.6 Å². The van der Waals surface area contributed by atoms with Gasteiger partial charge in [-0.1, -0.05) is 6.07 Å². The second-order valence-corrected chi connectivity index (χ2v) is 8.73. The van der Waals surface area contributed by atoms with E-state index in [0.717, 1.165) is 48.4 Å². The van der Waals surface area contributed by atoms with Gasteiger partial charge in [0.25, 0.3) is 0 Å². The number of carbonyl (C=O) groups excluding carboxylic acids is 1. The van der Waals surface area contributed by atoms with Gasteiger partial charge in [0, 0.05) is 17.9 Å². The van der Waals surface area contributed by atoms with Crippen LogP contribution in [0.25, 0.3) is 0 Å². The number of amides is 1. The van der Waals surface area contributed by atoms with Crippen LogP contribution in [0.5, 0.6) is 0 Å². The second kappa shape index (κ2) is 6.81. The number of aliphatic hydroxyl groups excluding tert-OH is 1. The Morgan fingerprint density at radius 3 is 2.36 bits per heavy atom. The average molecular weight is 363 g/mol. The predicted molar refractivity (Wildman–Crippen MR) is 101 cm³/mol. The highest BCUT2D eigenvalue weighted by Crippen LogP contribution is 2.60. The maximum Gasteiger partial charge on any atom is 0.230 e. The van der Waals surface area contributed by atoms with E-state index in [1.807, 2.05) is 24.3 Å². The summed E-state index contributed by atoms with van der Waals surface area (Å²) in [6, 6.07) is 7.72. The third-order valence-electron chi connectivity index (χ3n) is 6.36. The van der Waals surface area contributed by atoms with Crippen LogP contribution in [0.1, 0.15) is 38.5 Å². The molecule has 0 spiro atoms. The summed E-state index contributed by atoms with van der Waals surface area (Å²) in [5.41, 5.74) is 1.58. The number of rotatable bonds is 6. The lowest BCUT2D eigenvalue weighted by molar-refractivity contribution is -0.140. The summed E-state index contributed by atoms with van der Waals surface area (Å²) in [5, 5.41) is 15.9. The summed E-state index contributed by atoms with van der Waals surface area (Å²) < 4.78 is 0. The Morgan fingerprint density at radius 1 is 1.16 bits per heavy atom. The number of alkyl halides is 1. The standard InChI is InChI=1S/C20H27ClN2O2/c21-11-18(24)12-22-16-2-1-3-17(7-16)23-19(25)20-8-13-4-14(9-20)6-15(5-13)10-20/h1-3,7,13-15,18,22,24H,4-6,8-12H2,(H,23,25). The number of hydrogen-bond donors (Lipinski definition) is 3. The van der Waals surface area contributed by atoms with Gasteiger partial charge in [-0.25, -0.2) is 0 Å². The smallest absolute Gasteiger partial charge is 0.230 e. The molecule has 0 saturated heterocycles. The second-order valence-electron chi connectivity index (χ2n) is 8.42. The Labute approximate surface area is 154 Å². The van der Waals surface area contributed by atoms with Gasteiger partial charge in [0.2, 0.25) is 5.91 Å². The van der Waals surface area contributed by atoms with Gasteiger partial charge in [0.1, 0.15) is 0 Å². The third kappa shape index (κ3) is 3.52. The third-order valence-corrected chi connectivity index (χ3v) is 6.72. The van der Waals surface area contributed by atoms with Gasteiger partial charge in [-0.3, -0.25) is 4.79 Å². The molecule has 1 unspecified atom stereocenters. The van der Waals surface area contributed by atoms with Crippen molar-refractivity contribution in [3.8, 4) is 0 Å². The van der Waals surface area contributed by atoms with Crippen LogP contribution in [0.2, 0.25) is 0 Å². The highest BCUT2D eigenvalue weighted by molar-refractivity contribution is 6.18. The minimum Gasteiger partial charge on any atom is -0.390 e. The van der Waals surface area contributed by atoms with E-state index in [1.165, 1.54) is 19.3 Å². The highest BCUT2D eigenvalue weighted by atomic mass is 35.5. The number of anilines is 2. The van der Waals surface area contributed by atoms with Crippen molar-refractivity contribution >= 4 is 28.9 Å². The van der Waals surface area contributed by atoms with Crippen molar-refractivity contribution < 1.29 is 9.90 Å². The van der Waals surface area contributed by atoms with Gasteiger partial charge < -0.3 is 15.7 Å². The monoisotopic (exact) mass is 362 g/mol. The molecular weight excluding hydrogens is 336 g/mol. The molecule has 0 aliphatic heterocycles. The molecule has 4 nitrogen and oxygen atoms in total. The zero-order valence-corrected chi connectivity index (χ0v) is 15.3. The zero-order chi connectivity index (χ0) is 17.4. The summed E-state index contributed by atoms with van der Waals surface area (Å²) in [6.45, 7) is 0.399. The summed E-state index contributed by atoms with van der Waals surface area (Å²) in [5.74, 6) is 2.71. The molecule has 1 aromatic rings. The molecule has 4 saturated carbocycles. The van der Waals surface area contributed by atoms with E-state index in [-0.39, 0.29) is 17.2 Å². The van der Waals surface area contributed by atoms with Crippen LogP contribution in [-0.4, -0.2) is 29.5 Å². The van der Waals surface area contributed by atoms with Crippen molar-refractivity contribution in [3.63, 3.8) is 0 Å². The molecule has 1 atom stereocenters. The van der Waals surface area contributed by atoms with Crippen molar-refractivity contribution in [2.24, 2.45) is 23.2 Å². The topological polar surface area (TPSA) is 61.4 Å². The average Bonchev–Trinajstić information content (AvgIpc) is 2.59. The number of benzene rings is 1. The van der Waals surface area contributed by atoms with Gasteiger partial charge in [0.05, 0.1) is 17.4 Å². The minimum absolute atomic E-state index is 0.132. The van der Waals surface area contributed by atoms with E-state index < -0.39 is 6.10 Å². The van der Waals surface area contributed by atoms with Crippen molar-refractivity contribution in [1.82, 2.24) is 0 Å². The molecular formula is C20H27ClN2O2. The van der Waals surface area contributed by atoms with Gasteiger partial charge >= 0.3 is 0 Å². The van der Waals surface area contributed by atoms with Crippen LogP contribution in [0.3, 0.4) is 0 Å². The first-order chi connectivity index (χ1) is 12.1. The first-order valence-corrected chi connectivity index (χ1v) is 9.99.